The number of nitro groups is 1. The number of nitrogens with two attached hydrogens (primary N) is 1. The summed E-state index contributed by atoms with van der Waals surface area (Å²) in [5, 5.41) is 10.7. The molecule has 0 spiro atoms. The van der Waals surface area contributed by atoms with Gasteiger partial charge in [-0.2, -0.15) is 4.31 Å². The van der Waals surface area contributed by atoms with E-state index in [9.17, 15) is 18.5 Å². The standard InChI is InChI=1S/C11H16N4O4S/c1-14(8-3-2-4-8)20(18,19)11-6-5-9(15(16)17)7-10(11)13-12/h5-8,13H,2-4,12H2,1H3. The van der Waals surface area contributed by atoms with Crippen molar-refractivity contribution in [1.29, 1.82) is 0 Å². The molecular weight excluding hydrogens is 284 g/mol. The number of benzene rings is 1. The highest BCUT2D eigenvalue weighted by Crippen LogP contribution is 2.32. The smallest absolute Gasteiger partial charge is 0.271 e. The molecule has 8 nitrogen and oxygen atoms in total. The van der Waals surface area contributed by atoms with Crippen LogP contribution in [-0.4, -0.2) is 30.7 Å². The molecule has 0 radical (unpaired) electrons. The van der Waals surface area contributed by atoms with E-state index >= 15 is 0 Å². The van der Waals surface area contributed by atoms with Gasteiger partial charge in [0.05, 0.1) is 10.6 Å². The molecule has 1 saturated carbocycles. The minimum atomic E-state index is -3.72. The summed E-state index contributed by atoms with van der Waals surface area (Å²) in [6, 6.07) is 3.46. The number of hydrogen-bond donors (Lipinski definition) is 2. The van der Waals surface area contributed by atoms with Crippen molar-refractivity contribution in [3.63, 3.8) is 0 Å². The summed E-state index contributed by atoms with van der Waals surface area (Å²) >= 11 is 0. The number of sulfonamides is 1. The highest BCUT2D eigenvalue weighted by molar-refractivity contribution is 7.89. The Labute approximate surface area is 116 Å². The molecule has 0 aromatic heterocycles. The lowest BCUT2D eigenvalue weighted by Gasteiger charge is -2.34. The van der Waals surface area contributed by atoms with Crippen LogP contribution in [0.25, 0.3) is 0 Å². The van der Waals surface area contributed by atoms with E-state index in [-0.39, 0.29) is 22.3 Å². The zero-order valence-electron chi connectivity index (χ0n) is 10.9. The van der Waals surface area contributed by atoms with Gasteiger partial charge < -0.3 is 5.43 Å². The number of nitrogen functional groups attached to an aromatic ring is 1. The van der Waals surface area contributed by atoms with E-state index < -0.39 is 14.9 Å². The van der Waals surface area contributed by atoms with Crippen molar-refractivity contribution in [2.75, 3.05) is 12.5 Å². The van der Waals surface area contributed by atoms with Gasteiger partial charge in [-0.05, 0) is 18.9 Å². The van der Waals surface area contributed by atoms with E-state index in [1.54, 1.807) is 0 Å². The summed E-state index contributed by atoms with van der Waals surface area (Å²) in [4.78, 5) is 10.0. The fourth-order valence-electron chi connectivity index (χ4n) is 2.07. The molecule has 1 aromatic carbocycles. The fraction of sp³-hybridized carbons (Fsp3) is 0.455. The number of hydrogen-bond acceptors (Lipinski definition) is 6. The molecule has 0 bridgehead atoms. The average molecular weight is 300 g/mol. The molecule has 0 saturated heterocycles. The second kappa shape index (κ2) is 5.35. The number of nitrogens with one attached hydrogen (secondary N) is 1. The second-order valence-electron chi connectivity index (χ2n) is 4.69. The SMILES string of the molecule is CN(C1CCC1)S(=O)(=O)c1ccc([N+](=O)[O-])cc1NN. The molecule has 1 aliphatic rings. The Morgan fingerprint density at radius 3 is 2.55 bits per heavy atom. The van der Waals surface area contributed by atoms with Crippen LogP contribution in [0.2, 0.25) is 0 Å². The van der Waals surface area contributed by atoms with Gasteiger partial charge in [-0.25, -0.2) is 8.42 Å². The average Bonchev–Trinajstić information content (AvgIpc) is 2.35. The summed E-state index contributed by atoms with van der Waals surface area (Å²) in [5.74, 6) is 5.28. The van der Waals surface area contributed by atoms with Gasteiger partial charge in [-0.3, -0.25) is 16.0 Å². The molecule has 0 amide bonds. The van der Waals surface area contributed by atoms with Gasteiger partial charge >= 0.3 is 0 Å². The second-order valence-corrected chi connectivity index (χ2v) is 6.65. The van der Waals surface area contributed by atoms with Crippen molar-refractivity contribution in [2.24, 2.45) is 5.84 Å². The quantitative estimate of drug-likeness (QED) is 0.476. The molecule has 9 heteroatoms. The van der Waals surface area contributed by atoms with Gasteiger partial charge in [0.25, 0.3) is 5.69 Å². The highest BCUT2D eigenvalue weighted by atomic mass is 32.2. The van der Waals surface area contributed by atoms with E-state index in [1.165, 1.54) is 17.4 Å². The predicted octanol–water partition coefficient (Wildman–Crippen LogP) is 1.05. The molecule has 110 valence electrons. The summed E-state index contributed by atoms with van der Waals surface area (Å²) in [7, 11) is -2.20. The molecule has 3 N–H and O–H groups in total. The molecule has 0 heterocycles. The molecule has 1 aromatic rings. The number of anilines is 1. The Morgan fingerprint density at radius 2 is 2.10 bits per heavy atom. The lowest BCUT2D eigenvalue weighted by atomic mass is 9.94. The van der Waals surface area contributed by atoms with Crippen LogP contribution in [-0.2, 0) is 10.0 Å². The van der Waals surface area contributed by atoms with Crippen LogP contribution in [0, 0.1) is 10.1 Å². The molecule has 0 atom stereocenters. The number of hydrazine groups is 1. The van der Waals surface area contributed by atoms with Crippen LogP contribution in [0.3, 0.4) is 0 Å². The number of rotatable bonds is 5. The Hall–Kier alpha value is -1.71. The summed E-state index contributed by atoms with van der Waals surface area (Å²) in [6.45, 7) is 0. The molecule has 20 heavy (non-hydrogen) atoms. The molecule has 1 aliphatic carbocycles. The van der Waals surface area contributed by atoms with E-state index in [2.05, 4.69) is 5.43 Å². The van der Waals surface area contributed by atoms with Crippen LogP contribution in [0.4, 0.5) is 11.4 Å². The van der Waals surface area contributed by atoms with Crippen LogP contribution >= 0.6 is 0 Å². The first-order valence-electron chi connectivity index (χ1n) is 6.11. The zero-order valence-corrected chi connectivity index (χ0v) is 11.8. The minimum absolute atomic E-state index is 0.0131. The number of nitrogens with zero attached hydrogens (tertiary/aromatic N) is 2. The molecular formula is C11H16N4O4S. The Bertz CT molecular complexity index is 627. The van der Waals surface area contributed by atoms with E-state index in [0.717, 1.165) is 31.4 Å². The molecule has 0 aliphatic heterocycles. The summed E-state index contributed by atoms with van der Waals surface area (Å²) in [5.41, 5.74) is 2.02. The third kappa shape index (κ3) is 2.47. The predicted molar refractivity (Wildman–Crippen MR) is 73.5 cm³/mol. The maximum atomic E-state index is 12.5. The fourth-order valence-corrected chi connectivity index (χ4v) is 3.62. The summed E-state index contributed by atoms with van der Waals surface area (Å²) < 4.78 is 26.3. The minimum Gasteiger partial charge on any atom is -0.323 e. The monoisotopic (exact) mass is 300 g/mol. The van der Waals surface area contributed by atoms with Gasteiger partial charge in [-0.15, -0.1) is 0 Å². The number of non-ortho nitro benzene ring substituents is 1. The largest absolute Gasteiger partial charge is 0.323 e. The van der Waals surface area contributed by atoms with Crippen molar-refractivity contribution in [1.82, 2.24) is 4.31 Å². The number of nitro benzene ring substituents is 1. The van der Waals surface area contributed by atoms with Crippen LogP contribution < -0.4 is 11.3 Å². The van der Waals surface area contributed by atoms with E-state index in [4.69, 9.17) is 5.84 Å². The first-order chi connectivity index (χ1) is 9.37. The lowest BCUT2D eigenvalue weighted by molar-refractivity contribution is -0.384. The maximum absolute atomic E-state index is 12.5. The maximum Gasteiger partial charge on any atom is 0.271 e. The highest BCUT2D eigenvalue weighted by Gasteiger charge is 2.33. The zero-order chi connectivity index (χ0) is 14.9. The van der Waals surface area contributed by atoms with Crippen molar-refractivity contribution < 1.29 is 13.3 Å². The Kier molecular flexibility index (Phi) is 3.93. The van der Waals surface area contributed by atoms with Gasteiger partial charge in [-0.1, -0.05) is 6.42 Å². The molecule has 1 fully saturated rings. The normalized spacial score (nSPS) is 15.9. The van der Waals surface area contributed by atoms with E-state index in [1.807, 2.05) is 0 Å². The molecule has 2 rings (SSSR count). The Morgan fingerprint density at radius 1 is 1.45 bits per heavy atom. The first kappa shape index (κ1) is 14.7. The van der Waals surface area contributed by atoms with Crippen molar-refractivity contribution in [2.45, 2.75) is 30.2 Å². The Balaban J connectivity index is 2.42. The summed E-state index contributed by atoms with van der Waals surface area (Å²) in [6.07, 6.45) is 2.66. The third-order valence-electron chi connectivity index (χ3n) is 3.58. The van der Waals surface area contributed by atoms with Gasteiger partial charge in [0.2, 0.25) is 10.0 Å². The van der Waals surface area contributed by atoms with Crippen LogP contribution in [0.1, 0.15) is 19.3 Å². The first-order valence-corrected chi connectivity index (χ1v) is 7.55. The van der Waals surface area contributed by atoms with Gasteiger partial charge in [0.15, 0.2) is 0 Å². The molecule has 0 unspecified atom stereocenters. The van der Waals surface area contributed by atoms with E-state index in [0.29, 0.717) is 0 Å². The van der Waals surface area contributed by atoms with Crippen LogP contribution in [0.5, 0.6) is 0 Å². The lowest BCUT2D eigenvalue weighted by Crippen LogP contribution is -2.41. The van der Waals surface area contributed by atoms with Crippen LogP contribution in [0.15, 0.2) is 23.1 Å². The third-order valence-corrected chi connectivity index (χ3v) is 5.54. The van der Waals surface area contributed by atoms with Gasteiger partial charge in [0, 0.05) is 25.2 Å². The van der Waals surface area contributed by atoms with Crippen molar-refractivity contribution in [3.8, 4) is 0 Å². The van der Waals surface area contributed by atoms with Crippen molar-refractivity contribution in [3.05, 3.63) is 28.3 Å². The van der Waals surface area contributed by atoms with Gasteiger partial charge in [0.1, 0.15) is 4.90 Å². The topological polar surface area (TPSA) is 119 Å². The van der Waals surface area contributed by atoms with Crippen molar-refractivity contribution >= 4 is 21.4 Å².